The van der Waals surface area contributed by atoms with E-state index in [4.69, 9.17) is 17.0 Å². The number of allylic oxidation sites excluding steroid dienone is 3. The molecule has 0 aliphatic rings. The second-order valence-electron chi connectivity index (χ2n) is 16.0. The zero-order chi connectivity index (χ0) is 43.1. The van der Waals surface area contributed by atoms with Gasteiger partial charge in [0.05, 0.1) is 22.3 Å². The summed E-state index contributed by atoms with van der Waals surface area (Å²) in [6, 6.07) is 65.6. The number of aromatic nitrogens is 3. The van der Waals surface area contributed by atoms with Crippen molar-refractivity contribution in [1.82, 2.24) is 14.5 Å². The fraction of sp³-hybridized carbons (Fsp3) is 0. The molecule has 0 amide bonds. The van der Waals surface area contributed by atoms with Crippen molar-refractivity contribution >= 4 is 66.9 Å². The van der Waals surface area contributed by atoms with Crippen LogP contribution in [0.4, 0.5) is 0 Å². The van der Waals surface area contributed by atoms with Crippen molar-refractivity contribution in [2.45, 2.75) is 0 Å². The Morgan fingerprint density at radius 2 is 0.969 bits per heavy atom. The Balaban J connectivity index is 1.07. The van der Waals surface area contributed by atoms with E-state index in [0.717, 1.165) is 55.8 Å². The Kier molecular flexibility index (Phi) is 9.84. The van der Waals surface area contributed by atoms with Crippen LogP contribution in [0.1, 0.15) is 0 Å². The number of fused-ring (bicyclic) bond motifs is 5. The summed E-state index contributed by atoms with van der Waals surface area (Å²) in [7, 11) is 0. The smallest absolute Gasteiger partial charge is 0.0730 e. The molecule has 0 radical (unpaired) electrons. The monoisotopic (exact) mass is 838 g/mol. The predicted octanol–water partition coefficient (Wildman–Crippen LogP) is 16.1. The number of nitrogens with one attached hydrogen (secondary N) is 1. The SMILES string of the molecule is C=C(/C=C(/Cl)C=N)n1c2ccc(-c3ccc(-c4c5ccccc5c(-c5cc(-c6ccccc6)cc(-c6ccccc6)c5)c5ccccc45)cc3)cc2c2c(-c3cccnc3)cncc21. The number of pyridine rings is 2. The molecule has 0 atom stereocenters. The second-order valence-corrected chi connectivity index (χ2v) is 16.4. The van der Waals surface area contributed by atoms with E-state index in [0.29, 0.717) is 5.70 Å². The molecule has 1 N–H and O–H groups in total. The van der Waals surface area contributed by atoms with Gasteiger partial charge in [0.2, 0.25) is 0 Å². The number of rotatable bonds is 9. The molecule has 11 rings (SSSR count). The molecule has 0 saturated carbocycles. The third-order valence-corrected chi connectivity index (χ3v) is 12.5. The van der Waals surface area contributed by atoms with Gasteiger partial charge in [-0.25, -0.2) is 0 Å². The van der Waals surface area contributed by atoms with Crippen LogP contribution in [-0.2, 0) is 0 Å². The van der Waals surface area contributed by atoms with E-state index in [2.05, 4.69) is 197 Å². The van der Waals surface area contributed by atoms with E-state index in [1.807, 2.05) is 24.7 Å². The van der Waals surface area contributed by atoms with Crippen LogP contribution >= 0.6 is 11.6 Å². The zero-order valence-electron chi connectivity index (χ0n) is 34.7. The first-order valence-corrected chi connectivity index (χ1v) is 21.6. The van der Waals surface area contributed by atoms with Gasteiger partial charge >= 0.3 is 0 Å². The Hall–Kier alpha value is -8.18. The summed E-state index contributed by atoms with van der Waals surface area (Å²) in [5, 5.41) is 14.9. The third-order valence-electron chi connectivity index (χ3n) is 12.3. The van der Waals surface area contributed by atoms with Gasteiger partial charge in [-0.2, -0.15) is 0 Å². The van der Waals surface area contributed by atoms with Crippen LogP contribution in [0.2, 0.25) is 0 Å². The molecule has 0 spiro atoms. The normalized spacial score (nSPS) is 11.7. The van der Waals surface area contributed by atoms with Gasteiger partial charge < -0.3 is 9.98 Å². The highest BCUT2D eigenvalue weighted by molar-refractivity contribution is 6.39. The lowest BCUT2D eigenvalue weighted by Gasteiger charge is -2.19. The predicted molar refractivity (Wildman–Crippen MR) is 271 cm³/mol. The largest absolute Gasteiger partial charge is 0.308 e. The van der Waals surface area contributed by atoms with Gasteiger partial charge in [0, 0.05) is 52.4 Å². The van der Waals surface area contributed by atoms with Gasteiger partial charge in [0.15, 0.2) is 0 Å². The van der Waals surface area contributed by atoms with Gasteiger partial charge in [-0.05, 0) is 120 Å². The van der Waals surface area contributed by atoms with Crippen molar-refractivity contribution in [2.75, 3.05) is 0 Å². The Labute approximate surface area is 376 Å². The maximum Gasteiger partial charge on any atom is 0.0730 e. The minimum absolute atomic E-state index is 0.290. The summed E-state index contributed by atoms with van der Waals surface area (Å²) >= 11 is 6.34. The van der Waals surface area contributed by atoms with Crippen molar-refractivity contribution in [3.63, 3.8) is 0 Å². The van der Waals surface area contributed by atoms with E-state index >= 15 is 0 Å². The van der Waals surface area contributed by atoms with Crippen molar-refractivity contribution in [1.29, 1.82) is 5.41 Å². The summed E-state index contributed by atoms with van der Waals surface area (Å²) in [6.45, 7) is 4.36. The van der Waals surface area contributed by atoms with Crippen molar-refractivity contribution in [3.8, 4) is 66.8 Å². The fourth-order valence-corrected chi connectivity index (χ4v) is 9.53. The summed E-state index contributed by atoms with van der Waals surface area (Å²) in [5.41, 5.74) is 16.2. The van der Waals surface area contributed by atoms with Crippen LogP contribution in [0.5, 0.6) is 0 Å². The first-order valence-electron chi connectivity index (χ1n) is 21.2. The minimum atomic E-state index is 0.290. The highest BCUT2D eigenvalue weighted by Gasteiger charge is 2.20. The van der Waals surface area contributed by atoms with Crippen LogP contribution in [0.25, 0.3) is 116 Å². The molecular formula is C59H39ClN4. The number of hydrogen-bond acceptors (Lipinski definition) is 3. The van der Waals surface area contributed by atoms with Crippen LogP contribution in [-0.4, -0.2) is 20.7 Å². The zero-order valence-corrected chi connectivity index (χ0v) is 35.5. The molecule has 0 saturated heterocycles. The van der Waals surface area contributed by atoms with Gasteiger partial charge in [-0.3, -0.25) is 9.97 Å². The van der Waals surface area contributed by atoms with Crippen LogP contribution in [0, 0.1) is 5.41 Å². The molecule has 302 valence electrons. The van der Waals surface area contributed by atoms with Gasteiger partial charge in [-0.1, -0.05) is 164 Å². The first-order chi connectivity index (χ1) is 31.5. The summed E-state index contributed by atoms with van der Waals surface area (Å²) in [6.07, 6.45) is 10.2. The molecule has 0 aliphatic carbocycles. The maximum atomic E-state index is 7.69. The molecule has 4 nitrogen and oxygen atoms in total. The van der Waals surface area contributed by atoms with E-state index in [-0.39, 0.29) is 5.03 Å². The Bertz CT molecular complexity index is 3510. The van der Waals surface area contributed by atoms with Gasteiger partial charge in [-0.15, -0.1) is 0 Å². The molecule has 8 aromatic carbocycles. The summed E-state index contributed by atoms with van der Waals surface area (Å²) < 4.78 is 2.07. The average Bonchev–Trinajstić information content (AvgIpc) is 3.70. The minimum Gasteiger partial charge on any atom is -0.308 e. The molecule has 0 fully saturated rings. The lowest BCUT2D eigenvalue weighted by atomic mass is 9.84. The Morgan fingerprint density at radius 1 is 0.453 bits per heavy atom. The van der Waals surface area contributed by atoms with E-state index in [1.165, 1.54) is 60.5 Å². The van der Waals surface area contributed by atoms with Gasteiger partial charge in [0.1, 0.15) is 0 Å². The highest BCUT2D eigenvalue weighted by atomic mass is 35.5. The van der Waals surface area contributed by atoms with Crippen LogP contribution in [0.15, 0.2) is 224 Å². The average molecular weight is 839 g/mol. The molecule has 0 bridgehead atoms. The molecule has 3 aromatic heterocycles. The maximum absolute atomic E-state index is 7.69. The first kappa shape index (κ1) is 38.7. The molecule has 64 heavy (non-hydrogen) atoms. The van der Waals surface area contributed by atoms with Crippen molar-refractivity contribution in [2.24, 2.45) is 0 Å². The standard InChI is InChI=1S/C59H39ClN4/c1-38(29-48(60)34-61)64-55-27-26-43(33-53(55)59-54(36-63-37-56(59)64)44-17-12-28-62-35-44)41-22-24-42(25-23-41)57-49-18-8-10-20-51(49)58(52-21-11-9-19-50(52)57)47-31-45(39-13-4-2-5-14-39)30-46(32-47)40-15-6-3-7-16-40/h2-37,61H,1H2/b48-29+,61-34?. The quantitative estimate of drug-likeness (QED) is 0.0894. The van der Waals surface area contributed by atoms with Crippen LogP contribution < -0.4 is 0 Å². The van der Waals surface area contributed by atoms with Crippen LogP contribution in [0.3, 0.4) is 0 Å². The van der Waals surface area contributed by atoms with E-state index in [9.17, 15) is 0 Å². The number of hydrogen-bond donors (Lipinski definition) is 1. The highest BCUT2D eigenvalue weighted by Crippen LogP contribution is 2.46. The number of nitrogens with zero attached hydrogens (tertiary/aromatic N) is 3. The lowest BCUT2D eigenvalue weighted by Crippen LogP contribution is -1.95. The summed E-state index contributed by atoms with van der Waals surface area (Å²) in [4.78, 5) is 9.08. The molecule has 0 unspecified atom stereocenters. The lowest BCUT2D eigenvalue weighted by molar-refractivity contribution is 1.22. The second kappa shape index (κ2) is 16.3. The Morgan fingerprint density at radius 3 is 1.55 bits per heavy atom. The van der Waals surface area contributed by atoms with Crippen molar-refractivity contribution < 1.29 is 0 Å². The van der Waals surface area contributed by atoms with Crippen molar-refractivity contribution in [3.05, 3.63) is 224 Å². The molecule has 5 heteroatoms. The molecule has 11 aromatic rings. The molecule has 0 aliphatic heterocycles. The number of halogens is 1. The number of benzene rings is 8. The molecule has 3 heterocycles. The summed E-state index contributed by atoms with van der Waals surface area (Å²) in [5.74, 6) is 0. The third kappa shape index (κ3) is 6.78. The topological polar surface area (TPSA) is 54.6 Å². The fourth-order valence-electron chi connectivity index (χ4n) is 9.40. The van der Waals surface area contributed by atoms with E-state index < -0.39 is 0 Å². The molecular weight excluding hydrogens is 800 g/mol. The van der Waals surface area contributed by atoms with Gasteiger partial charge in [0.25, 0.3) is 0 Å². The van der Waals surface area contributed by atoms with E-state index in [1.54, 1.807) is 12.3 Å².